The molecule has 1 unspecified atom stereocenters. The lowest BCUT2D eigenvalue weighted by Gasteiger charge is -2.30. The third kappa shape index (κ3) is 6.23. The van der Waals surface area contributed by atoms with Crippen LogP contribution >= 0.6 is 0 Å². The normalized spacial score (nSPS) is 13.8. The Morgan fingerprint density at radius 3 is 1.81 bits per heavy atom. The van der Waals surface area contributed by atoms with Crippen LogP contribution in [-0.2, 0) is 16.5 Å². The highest BCUT2D eigenvalue weighted by Crippen LogP contribution is 2.53. The Hall–Kier alpha value is -2.96. The van der Waals surface area contributed by atoms with Crippen LogP contribution in [0.1, 0.15) is 45.7 Å². The highest BCUT2D eigenvalue weighted by molar-refractivity contribution is 7.84. The Labute approximate surface area is 204 Å². The van der Waals surface area contributed by atoms with E-state index in [2.05, 4.69) is 10.6 Å². The maximum absolute atomic E-state index is 14.3. The SMILES string of the molecule is Cc1cc(C(F)(C(F)(F)F)C(F)(F)F)ccc1NC(=O)c1ccccc1C(=O)NC(C)(C)CS(C)=O. The van der Waals surface area contributed by atoms with Crippen LogP contribution in [0.25, 0.3) is 0 Å². The number of hydrogen-bond acceptors (Lipinski definition) is 3. The van der Waals surface area contributed by atoms with Crippen molar-refractivity contribution in [2.75, 3.05) is 17.3 Å². The third-order valence-corrected chi connectivity index (χ3v) is 6.21. The summed E-state index contributed by atoms with van der Waals surface area (Å²) >= 11 is 0. The van der Waals surface area contributed by atoms with Crippen LogP contribution in [0.15, 0.2) is 42.5 Å². The molecular formula is C23H23F7N2O3S. The van der Waals surface area contributed by atoms with E-state index >= 15 is 0 Å². The van der Waals surface area contributed by atoms with Crippen molar-refractivity contribution in [3.63, 3.8) is 0 Å². The molecule has 2 aromatic carbocycles. The average Bonchev–Trinajstić information content (AvgIpc) is 2.71. The summed E-state index contributed by atoms with van der Waals surface area (Å²) in [4.78, 5) is 25.6. The first-order chi connectivity index (χ1) is 16.3. The largest absolute Gasteiger partial charge is 0.435 e. The number of nitrogens with one attached hydrogen (secondary N) is 2. The van der Waals surface area contributed by atoms with Gasteiger partial charge in [-0.3, -0.25) is 13.8 Å². The standard InChI is InChI=1S/C23H23F7N2O3S/c1-13-11-14(21(24,22(25,26)27)23(28,29)30)9-10-17(13)31-18(33)15-7-5-6-8-16(15)19(34)32-20(2,3)12-36(4)35/h5-11H,12H2,1-4H3,(H,31,33)(H,32,34). The Balaban J connectivity index is 2.37. The second-order valence-electron chi connectivity index (χ2n) is 8.74. The molecular weight excluding hydrogens is 517 g/mol. The first kappa shape index (κ1) is 29.3. The number of benzene rings is 2. The number of carbonyl (C=O) groups is 2. The summed E-state index contributed by atoms with van der Waals surface area (Å²) in [7, 11) is -1.23. The number of carbonyl (C=O) groups excluding carboxylic acids is 2. The van der Waals surface area contributed by atoms with Crippen LogP contribution in [0.3, 0.4) is 0 Å². The van der Waals surface area contributed by atoms with E-state index in [9.17, 15) is 44.5 Å². The van der Waals surface area contributed by atoms with Crippen molar-refractivity contribution in [3.05, 3.63) is 64.7 Å². The van der Waals surface area contributed by atoms with Gasteiger partial charge in [0.1, 0.15) is 0 Å². The van der Waals surface area contributed by atoms with Crippen LogP contribution in [-0.4, -0.2) is 45.9 Å². The number of anilines is 1. The molecule has 0 aliphatic rings. The van der Waals surface area contributed by atoms with E-state index in [1.54, 1.807) is 13.8 Å². The molecule has 198 valence electrons. The summed E-state index contributed by atoms with van der Waals surface area (Å²) in [5, 5.41) is 4.98. The minimum atomic E-state index is -6.27. The first-order valence-corrected chi connectivity index (χ1v) is 12.0. The predicted octanol–water partition coefficient (Wildman–Crippen LogP) is 5.42. The zero-order valence-corrected chi connectivity index (χ0v) is 20.3. The predicted molar refractivity (Wildman–Crippen MR) is 121 cm³/mol. The molecule has 0 aliphatic carbocycles. The molecule has 0 saturated carbocycles. The molecule has 0 radical (unpaired) electrons. The molecule has 36 heavy (non-hydrogen) atoms. The summed E-state index contributed by atoms with van der Waals surface area (Å²) in [6.45, 7) is 4.36. The van der Waals surface area contributed by atoms with Crippen LogP contribution in [0.5, 0.6) is 0 Å². The summed E-state index contributed by atoms with van der Waals surface area (Å²) < 4.78 is 104. The highest BCUT2D eigenvalue weighted by Gasteiger charge is 2.73. The van der Waals surface area contributed by atoms with Gasteiger partial charge in [0.05, 0.1) is 11.1 Å². The molecule has 0 heterocycles. The minimum Gasteiger partial charge on any atom is -0.346 e. The molecule has 0 fully saturated rings. The van der Waals surface area contributed by atoms with E-state index < -0.39 is 51.7 Å². The van der Waals surface area contributed by atoms with Gasteiger partial charge in [-0.2, -0.15) is 26.3 Å². The van der Waals surface area contributed by atoms with Crippen molar-refractivity contribution in [1.29, 1.82) is 0 Å². The first-order valence-electron chi connectivity index (χ1n) is 10.3. The Bertz CT molecular complexity index is 1160. The van der Waals surface area contributed by atoms with Gasteiger partial charge in [-0.15, -0.1) is 0 Å². The minimum absolute atomic E-state index is 0.0730. The lowest BCUT2D eigenvalue weighted by atomic mass is 9.92. The van der Waals surface area contributed by atoms with Crippen LogP contribution in [0, 0.1) is 6.92 Å². The molecule has 0 bridgehead atoms. The zero-order valence-electron chi connectivity index (χ0n) is 19.5. The van der Waals surface area contributed by atoms with E-state index in [0.29, 0.717) is 6.07 Å². The van der Waals surface area contributed by atoms with Gasteiger partial charge in [0.25, 0.3) is 11.8 Å². The van der Waals surface area contributed by atoms with Gasteiger partial charge >= 0.3 is 18.0 Å². The van der Waals surface area contributed by atoms with Crippen molar-refractivity contribution in [2.45, 2.75) is 44.3 Å². The molecule has 0 aromatic heterocycles. The van der Waals surface area contributed by atoms with Gasteiger partial charge < -0.3 is 10.6 Å². The fraction of sp³-hybridized carbons (Fsp3) is 0.391. The number of hydrogen-bond donors (Lipinski definition) is 2. The zero-order chi connectivity index (χ0) is 27.7. The summed E-state index contributed by atoms with van der Waals surface area (Å²) in [6.07, 6.45) is -11.1. The Morgan fingerprint density at radius 2 is 1.36 bits per heavy atom. The molecule has 2 rings (SSSR count). The van der Waals surface area contributed by atoms with Crippen molar-refractivity contribution in [1.82, 2.24) is 5.32 Å². The molecule has 2 aromatic rings. The fourth-order valence-electron chi connectivity index (χ4n) is 3.49. The smallest absolute Gasteiger partial charge is 0.346 e. The van der Waals surface area contributed by atoms with E-state index in [4.69, 9.17) is 0 Å². The van der Waals surface area contributed by atoms with Crippen molar-refractivity contribution >= 4 is 28.3 Å². The molecule has 0 spiro atoms. The van der Waals surface area contributed by atoms with E-state index in [1.165, 1.54) is 30.5 Å². The van der Waals surface area contributed by atoms with Crippen LogP contribution < -0.4 is 10.6 Å². The Kier molecular flexibility index (Phi) is 8.29. The lowest BCUT2D eigenvalue weighted by molar-refractivity contribution is -0.348. The summed E-state index contributed by atoms with van der Waals surface area (Å²) in [5.74, 6) is -1.42. The van der Waals surface area contributed by atoms with Crippen molar-refractivity contribution < 1.29 is 44.5 Å². The molecule has 5 nitrogen and oxygen atoms in total. The summed E-state index contributed by atoms with van der Waals surface area (Å²) in [6, 6.07) is 6.90. The molecule has 1 atom stereocenters. The second kappa shape index (κ2) is 10.2. The number of aryl methyl sites for hydroxylation is 1. The molecule has 13 heteroatoms. The van der Waals surface area contributed by atoms with Gasteiger partial charge in [-0.1, -0.05) is 24.3 Å². The maximum Gasteiger partial charge on any atom is 0.435 e. The average molecular weight is 541 g/mol. The van der Waals surface area contributed by atoms with Gasteiger partial charge in [-0.05, 0) is 44.5 Å². The third-order valence-electron chi connectivity index (χ3n) is 5.09. The van der Waals surface area contributed by atoms with E-state index in [-0.39, 0.29) is 34.2 Å². The van der Waals surface area contributed by atoms with Gasteiger partial charge in [0.15, 0.2) is 0 Å². The molecule has 2 amide bonds. The number of halogens is 7. The quantitative estimate of drug-likeness (QED) is 0.461. The van der Waals surface area contributed by atoms with Crippen molar-refractivity contribution in [3.8, 4) is 0 Å². The Morgan fingerprint density at radius 1 is 0.861 bits per heavy atom. The van der Waals surface area contributed by atoms with Gasteiger partial charge in [-0.25, -0.2) is 4.39 Å². The number of amides is 2. The van der Waals surface area contributed by atoms with Gasteiger partial charge in [0, 0.05) is 39.6 Å². The van der Waals surface area contributed by atoms with E-state index in [1.807, 2.05) is 0 Å². The monoisotopic (exact) mass is 540 g/mol. The topological polar surface area (TPSA) is 75.3 Å². The summed E-state index contributed by atoms with van der Waals surface area (Å²) in [5.41, 5.74) is -8.85. The van der Waals surface area contributed by atoms with Crippen molar-refractivity contribution in [2.24, 2.45) is 0 Å². The molecule has 0 aliphatic heterocycles. The van der Waals surface area contributed by atoms with Gasteiger partial charge in [0.2, 0.25) is 0 Å². The molecule has 0 saturated heterocycles. The number of rotatable bonds is 7. The number of alkyl halides is 7. The van der Waals surface area contributed by atoms with Crippen LogP contribution in [0.2, 0.25) is 0 Å². The fourth-order valence-corrected chi connectivity index (χ4v) is 4.58. The molecule has 2 N–H and O–H groups in total. The van der Waals surface area contributed by atoms with E-state index in [0.717, 1.165) is 13.0 Å². The lowest BCUT2D eigenvalue weighted by Crippen LogP contribution is -2.50. The van der Waals surface area contributed by atoms with Crippen LogP contribution in [0.4, 0.5) is 36.4 Å². The highest BCUT2D eigenvalue weighted by atomic mass is 32.2. The maximum atomic E-state index is 14.3. The second-order valence-corrected chi connectivity index (χ2v) is 10.2.